The van der Waals surface area contributed by atoms with Gasteiger partial charge in [-0.15, -0.1) is 11.3 Å². The summed E-state index contributed by atoms with van der Waals surface area (Å²) in [6.45, 7) is 10.7. The molecule has 27 heavy (non-hydrogen) atoms. The third-order valence-corrected chi connectivity index (χ3v) is 5.62. The molecule has 0 spiro atoms. The molecule has 0 atom stereocenters. The number of benzene rings is 1. The zero-order chi connectivity index (χ0) is 19.8. The monoisotopic (exact) mass is 383 g/mol. The summed E-state index contributed by atoms with van der Waals surface area (Å²) in [5.41, 5.74) is 2.72. The number of aromatic nitrogens is 2. The highest BCUT2D eigenvalue weighted by Gasteiger charge is 2.23. The fraction of sp³-hybridized carbons (Fsp3) is 0.381. The van der Waals surface area contributed by atoms with Crippen LogP contribution in [-0.4, -0.2) is 23.0 Å². The van der Waals surface area contributed by atoms with Crippen molar-refractivity contribution in [2.24, 2.45) is 0 Å². The number of carbonyl (C=O) groups is 1. The van der Waals surface area contributed by atoms with Crippen LogP contribution in [0.1, 0.15) is 53.1 Å². The van der Waals surface area contributed by atoms with Gasteiger partial charge >= 0.3 is 0 Å². The van der Waals surface area contributed by atoms with Crippen LogP contribution in [0.15, 0.2) is 24.3 Å². The van der Waals surface area contributed by atoms with Crippen LogP contribution in [0.3, 0.4) is 0 Å². The predicted octanol–water partition coefficient (Wildman–Crippen LogP) is 4.54. The van der Waals surface area contributed by atoms with E-state index in [2.05, 4.69) is 31.1 Å². The average Bonchev–Trinajstić information content (AvgIpc) is 2.96. The topological polar surface area (TPSA) is 64.1 Å². The summed E-state index contributed by atoms with van der Waals surface area (Å²) < 4.78 is 5.23. The molecule has 0 aliphatic carbocycles. The Bertz CT molecular complexity index is 1000. The lowest BCUT2D eigenvalue weighted by Gasteiger charge is -2.16. The summed E-state index contributed by atoms with van der Waals surface area (Å²) in [5.74, 6) is 1.49. The summed E-state index contributed by atoms with van der Waals surface area (Å²) in [6.07, 6.45) is 0. The Balaban J connectivity index is 1.88. The van der Waals surface area contributed by atoms with Gasteiger partial charge in [0, 0.05) is 17.3 Å². The zero-order valence-electron chi connectivity index (χ0n) is 16.6. The summed E-state index contributed by atoms with van der Waals surface area (Å²) in [7, 11) is 1.63. The van der Waals surface area contributed by atoms with Crippen molar-refractivity contribution >= 4 is 27.5 Å². The Hall–Kier alpha value is -2.47. The highest BCUT2D eigenvalue weighted by atomic mass is 32.1. The van der Waals surface area contributed by atoms with Gasteiger partial charge in [0.05, 0.1) is 17.7 Å². The van der Waals surface area contributed by atoms with E-state index in [-0.39, 0.29) is 11.3 Å². The van der Waals surface area contributed by atoms with Gasteiger partial charge in [0.2, 0.25) is 0 Å². The van der Waals surface area contributed by atoms with Gasteiger partial charge in [-0.2, -0.15) is 0 Å². The number of nitrogens with one attached hydrogen (secondary N) is 1. The van der Waals surface area contributed by atoms with Gasteiger partial charge in [0.1, 0.15) is 16.4 Å². The quantitative estimate of drug-likeness (QED) is 0.718. The maximum absolute atomic E-state index is 12.8. The molecule has 0 bridgehead atoms. The van der Waals surface area contributed by atoms with E-state index in [1.807, 2.05) is 38.1 Å². The first kappa shape index (κ1) is 19.3. The Morgan fingerprint density at radius 2 is 1.96 bits per heavy atom. The number of rotatable bonds is 4. The maximum atomic E-state index is 12.8. The first-order chi connectivity index (χ1) is 12.7. The lowest BCUT2D eigenvalue weighted by Crippen LogP contribution is -2.22. The van der Waals surface area contributed by atoms with Crippen molar-refractivity contribution in [2.75, 3.05) is 7.11 Å². The minimum Gasteiger partial charge on any atom is -0.497 e. The highest BCUT2D eigenvalue weighted by molar-refractivity contribution is 7.20. The van der Waals surface area contributed by atoms with Crippen molar-refractivity contribution in [3.63, 3.8) is 0 Å². The molecule has 0 saturated heterocycles. The molecule has 1 aromatic carbocycles. The third-order valence-electron chi connectivity index (χ3n) is 4.44. The second kappa shape index (κ2) is 7.27. The number of fused-ring (bicyclic) bond motifs is 1. The molecule has 0 unspecified atom stereocenters. The molecule has 0 fully saturated rings. The van der Waals surface area contributed by atoms with Gasteiger partial charge in [-0.05, 0) is 37.1 Å². The van der Waals surface area contributed by atoms with Crippen LogP contribution in [0.4, 0.5) is 0 Å². The van der Waals surface area contributed by atoms with Gasteiger partial charge < -0.3 is 10.1 Å². The predicted molar refractivity (Wildman–Crippen MR) is 110 cm³/mol. The van der Waals surface area contributed by atoms with E-state index in [1.54, 1.807) is 7.11 Å². The van der Waals surface area contributed by atoms with E-state index in [0.29, 0.717) is 11.4 Å². The maximum Gasteiger partial charge on any atom is 0.261 e. The molecule has 1 amide bonds. The molecule has 0 aliphatic heterocycles. The molecule has 142 valence electrons. The molecule has 2 aromatic heterocycles. The number of aryl methyl sites for hydroxylation is 2. The van der Waals surface area contributed by atoms with Crippen molar-refractivity contribution in [2.45, 2.75) is 46.6 Å². The number of hydrogen-bond donors (Lipinski definition) is 1. The first-order valence-electron chi connectivity index (χ1n) is 8.90. The molecule has 0 saturated carbocycles. The normalized spacial score (nSPS) is 11.6. The minimum atomic E-state index is -0.133. The Morgan fingerprint density at radius 1 is 1.22 bits per heavy atom. The molecular weight excluding hydrogens is 358 g/mol. The zero-order valence-corrected chi connectivity index (χ0v) is 17.5. The second-order valence-electron chi connectivity index (χ2n) is 7.65. The van der Waals surface area contributed by atoms with Crippen molar-refractivity contribution in [1.29, 1.82) is 0 Å². The van der Waals surface area contributed by atoms with Crippen LogP contribution in [0.5, 0.6) is 5.75 Å². The number of amides is 1. The van der Waals surface area contributed by atoms with Crippen molar-refractivity contribution < 1.29 is 9.53 Å². The van der Waals surface area contributed by atoms with Gasteiger partial charge in [0.25, 0.3) is 5.91 Å². The number of ether oxygens (including phenoxy) is 1. The number of thiophene rings is 1. The van der Waals surface area contributed by atoms with E-state index >= 15 is 0 Å². The van der Waals surface area contributed by atoms with Gasteiger partial charge in [-0.1, -0.05) is 32.9 Å². The van der Waals surface area contributed by atoms with E-state index in [0.717, 1.165) is 38.6 Å². The van der Waals surface area contributed by atoms with Gasteiger partial charge in [0.15, 0.2) is 0 Å². The largest absolute Gasteiger partial charge is 0.497 e. The van der Waals surface area contributed by atoms with Crippen LogP contribution in [-0.2, 0) is 12.0 Å². The summed E-state index contributed by atoms with van der Waals surface area (Å²) in [4.78, 5) is 23.7. The standard InChI is InChI=1S/C21H25N3O2S/c1-12-16-13(2)23-20(21(3,4)5)24-19(16)27-17(12)18(25)22-11-14-8-7-9-15(10-14)26-6/h7-10H,11H2,1-6H3,(H,22,25). The molecule has 3 rings (SSSR count). The average molecular weight is 384 g/mol. The van der Waals surface area contributed by atoms with Crippen molar-refractivity contribution in [3.05, 3.63) is 51.8 Å². The highest BCUT2D eigenvalue weighted by Crippen LogP contribution is 2.33. The van der Waals surface area contributed by atoms with Crippen LogP contribution in [0.2, 0.25) is 0 Å². The first-order valence-corrected chi connectivity index (χ1v) is 9.71. The lowest BCUT2D eigenvalue weighted by atomic mass is 9.95. The molecule has 5 nitrogen and oxygen atoms in total. The number of methoxy groups -OCH3 is 1. The number of carbonyl (C=O) groups excluding carboxylic acids is 1. The minimum absolute atomic E-state index is 0.0879. The van der Waals surface area contributed by atoms with E-state index in [9.17, 15) is 4.79 Å². The van der Waals surface area contributed by atoms with E-state index < -0.39 is 0 Å². The van der Waals surface area contributed by atoms with Crippen LogP contribution >= 0.6 is 11.3 Å². The Labute approximate surface area is 163 Å². The molecule has 3 aromatic rings. The SMILES string of the molecule is COc1cccc(CNC(=O)c2sc3nc(C(C)(C)C)nc(C)c3c2C)c1. The van der Waals surface area contributed by atoms with E-state index in [1.165, 1.54) is 11.3 Å². The Kier molecular flexibility index (Phi) is 5.20. The molecule has 0 aliphatic rings. The smallest absolute Gasteiger partial charge is 0.261 e. The lowest BCUT2D eigenvalue weighted by molar-refractivity contribution is 0.0954. The Morgan fingerprint density at radius 3 is 2.63 bits per heavy atom. The number of hydrogen-bond acceptors (Lipinski definition) is 5. The van der Waals surface area contributed by atoms with Crippen LogP contribution < -0.4 is 10.1 Å². The molecule has 2 heterocycles. The van der Waals surface area contributed by atoms with Crippen molar-refractivity contribution in [1.82, 2.24) is 15.3 Å². The van der Waals surface area contributed by atoms with Crippen LogP contribution in [0, 0.1) is 13.8 Å². The second-order valence-corrected chi connectivity index (χ2v) is 8.65. The van der Waals surface area contributed by atoms with E-state index in [4.69, 9.17) is 9.72 Å². The summed E-state index contributed by atoms with van der Waals surface area (Å²) in [6, 6.07) is 7.68. The van der Waals surface area contributed by atoms with Gasteiger partial charge in [-0.25, -0.2) is 9.97 Å². The molecule has 6 heteroatoms. The van der Waals surface area contributed by atoms with Gasteiger partial charge in [-0.3, -0.25) is 4.79 Å². The molecule has 0 radical (unpaired) electrons. The summed E-state index contributed by atoms with van der Waals surface area (Å²) in [5, 5.41) is 3.99. The fourth-order valence-electron chi connectivity index (χ4n) is 2.94. The molecular formula is C21H25N3O2S. The fourth-order valence-corrected chi connectivity index (χ4v) is 4.08. The third kappa shape index (κ3) is 3.95. The van der Waals surface area contributed by atoms with Crippen molar-refractivity contribution in [3.8, 4) is 5.75 Å². The summed E-state index contributed by atoms with van der Waals surface area (Å²) >= 11 is 1.43. The number of nitrogens with zero attached hydrogens (tertiary/aromatic N) is 2. The molecule has 1 N–H and O–H groups in total. The van der Waals surface area contributed by atoms with Crippen LogP contribution in [0.25, 0.3) is 10.2 Å².